The molecule has 2 aromatic rings. The van der Waals surface area contributed by atoms with Crippen molar-refractivity contribution in [2.75, 3.05) is 0 Å². The molecule has 2 heterocycles. The summed E-state index contributed by atoms with van der Waals surface area (Å²) >= 11 is 6.09. The quantitative estimate of drug-likeness (QED) is 0.789. The fraction of sp³-hybridized carbons (Fsp3) is 0.364. The molecule has 0 aliphatic heterocycles. The molecule has 0 atom stereocenters. The first kappa shape index (κ1) is 11.9. The van der Waals surface area contributed by atoms with E-state index in [-0.39, 0.29) is 6.04 Å². The van der Waals surface area contributed by atoms with E-state index in [4.69, 9.17) is 16.1 Å². The SMILES string of the molecule is Cc1cc(-c2nn(C(C)C)c(Cl)c2C=O)no1. The van der Waals surface area contributed by atoms with Gasteiger partial charge in [0.05, 0.1) is 5.56 Å². The summed E-state index contributed by atoms with van der Waals surface area (Å²) in [6.07, 6.45) is 0.688. The van der Waals surface area contributed by atoms with Crippen LogP contribution in [0.4, 0.5) is 0 Å². The van der Waals surface area contributed by atoms with Gasteiger partial charge in [0.2, 0.25) is 0 Å². The highest BCUT2D eigenvalue weighted by Crippen LogP contribution is 2.28. The molecular weight excluding hydrogens is 242 g/mol. The van der Waals surface area contributed by atoms with Gasteiger partial charge in [-0.1, -0.05) is 16.8 Å². The minimum absolute atomic E-state index is 0.0722. The highest BCUT2D eigenvalue weighted by atomic mass is 35.5. The van der Waals surface area contributed by atoms with Gasteiger partial charge in [0, 0.05) is 12.1 Å². The molecule has 0 fully saturated rings. The van der Waals surface area contributed by atoms with Gasteiger partial charge in [-0.05, 0) is 20.8 Å². The summed E-state index contributed by atoms with van der Waals surface area (Å²) in [7, 11) is 0. The minimum Gasteiger partial charge on any atom is -0.361 e. The van der Waals surface area contributed by atoms with Crippen molar-refractivity contribution in [3.63, 3.8) is 0 Å². The van der Waals surface area contributed by atoms with E-state index >= 15 is 0 Å². The van der Waals surface area contributed by atoms with Crippen LogP contribution >= 0.6 is 11.6 Å². The highest BCUT2D eigenvalue weighted by Gasteiger charge is 2.20. The van der Waals surface area contributed by atoms with Crippen molar-refractivity contribution in [3.05, 3.63) is 22.5 Å². The Kier molecular flexibility index (Phi) is 3.02. The zero-order valence-electron chi connectivity index (χ0n) is 9.77. The van der Waals surface area contributed by atoms with Gasteiger partial charge in [-0.3, -0.25) is 9.48 Å². The number of carbonyl (C=O) groups excluding carboxylic acids is 1. The number of aryl methyl sites for hydroxylation is 1. The molecule has 0 unspecified atom stereocenters. The maximum absolute atomic E-state index is 11.1. The van der Waals surface area contributed by atoms with Gasteiger partial charge < -0.3 is 4.52 Å². The second-order valence-corrected chi connectivity index (χ2v) is 4.39. The van der Waals surface area contributed by atoms with E-state index < -0.39 is 0 Å². The van der Waals surface area contributed by atoms with Gasteiger partial charge in [-0.2, -0.15) is 5.10 Å². The molecule has 0 radical (unpaired) electrons. The third kappa shape index (κ3) is 1.98. The number of halogens is 1. The number of aromatic nitrogens is 3. The van der Waals surface area contributed by atoms with Gasteiger partial charge in [0.15, 0.2) is 6.29 Å². The van der Waals surface area contributed by atoms with Crippen LogP contribution in [0.15, 0.2) is 10.6 Å². The molecule has 0 saturated heterocycles. The second kappa shape index (κ2) is 4.33. The van der Waals surface area contributed by atoms with Crippen LogP contribution in [0.2, 0.25) is 5.15 Å². The summed E-state index contributed by atoms with van der Waals surface area (Å²) in [5.41, 5.74) is 1.31. The van der Waals surface area contributed by atoms with E-state index in [0.29, 0.717) is 34.2 Å². The Balaban J connectivity index is 2.61. The predicted octanol–water partition coefficient (Wildman–Crippen LogP) is 2.89. The number of hydrogen-bond donors (Lipinski definition) is 0. The van der Waals surface area contributed by atoms with E-state index in [1.54, 1.807) is 17.7 Å². The molecule has 0 amide bonds. The summed E-state index contributed by atoms with van der Waals surface area (Å²) in [5.74, 6) is 0.659. The third-order valence-corrected chi connectivity index (χ3v) is 2.74. The molecule has 2 aromatic heterocycles. The molecule has 17 heavy (non-hydrogen) atoms. The minimum atomic E-state index is 0.0722. The number of nitrogens with zero attached hydrogens (tertiary/aromatic N) is 3. The fourth-order valence-electron chi connectivity index (χ4n) is 1.54. The first-order chi connectivity index (χ1) is 8.04. The van der Waals surface area contributed by atoms with Crippen LogP contribution in [0.3, 0.4) is 0 Å². The van der Waals surface area contributed by atoms with Gasteiger partial charge in [0.25, 0.3) is 0 Å². The van der Waals surface area contributed by atoms with Gasteiger partial charge in [0.1, 0.15) is 22.3 Å². The van der Waals surface area contributed by atoms with E-state index in [1.807, 2.05) is 13.8 Å². The summed E-state index contributed by atoms with van der Waals surface area (Å²) < 4.78 is 6.56. The van der Waals surface area contributed by atoms with Crippen LogP contribution in [-0.4, -0.2) is 21.2 Å². The monoisotopic (exact) mass is 253 g/mol. The van der Waals surface area contributed by atoms with E-state index in [0.717, 1.165) is 0 Å². The van der Waals surface area contributed by atoms with Crippen molar-refractivity contribution in [2.45, 2.75) is 26.8 Å². The molecule has 0 aliphatic rings. The molecule has 0 spiro atoms. The summed E-state index contributed by atoms with van der Waals surface area (Å²) in [6.45, 7) is 5.65. The highest BCUT2D eigenvalue weighted by molar-refractivity contribution is 6.32. The number of rotatable bonds is 3. The van der Waals surface area contributed by atoms with Crippen LogP contribution in [0, 0.1) is 6.92 Å². The summed E-state index contributed by atoms with van der Waals surface area (Å²) in [5, 5.41) is 8.46. The second-order valence-electron chi connectivity index (χ2n) is 4.03. The average Bonchev–Trinajstić information content (AvgIpc) is 2.82. The Morgan fingerprint density at radius 1 is 1.53 bits per heavy atom. The molecule has 5 nitrogen and oxygen atoms in total. The van der Waals surface area contributed by atoms with Crippen molar-refractivity contribution in [2.24, 2.45) is 0 Å². The lowest BCUT2D eigenvalue weighted by atomic mass is 10.2. The fourth-order valence-corrected chi connectivity index (χ4v) is 1.91. The molecule has 6 heteroatoms. The Hall–Kier alpha value is -1.62. The van der Waals surface area contributed by atoms with Crippen molar-refractivity contribution in [1.29, 1.82) is 0 Å². The largest absolute Gasteiger partial charge is 0.361 e. The molecule has 0 N–H and O–H groups in total. The van der Waals surface area contributed by atoms with Crippen molar-refractivity contribution in [1.82, 2.24) is 14.9 Å². The number of carbonyl (C=O) groups is 1. The first-order valence-electron chi connectivity index (χ1n) is 5.21. The summed E-state index contributed by atoms with van der Waals surface area (Å²) in [6, 6.07) is 1.79. The topological polar surface area (TPSA) is 60.9 Å². The van der Waals surface area contributed by atoms with Crippen molar-refractivity contribution in [3.8, 4) is 11.4 Å². The summed E-state index contributed by atoms with van der Waals surface area (Å²) in [4.78, 5) is 11.1. The Labute approximate surface area is 103 Å². The van der Waals surface area contributed by atoms with Crippen molar-refractivity contribution >= 4 is 17.9 Å². The molecule has 0 bridgehead atoms. The predicted molar refractivity (Wildman–Crippen MR) is 63.2 cm³/mol. The Morgan fingerprint density at radius 3 is 2.71 bits per heavy atom. The zero-order chi connectivity index (χ0) is 12.6. The zero-order valence-corrected chi connectivity index (χ0v) is 10.5. The van der Waals surface area contributed by atoms with Crippen molar-refractivity contribution < 1.29 is 9.32 Å². The Bertz CT molecular complexity index is 557. The first-order valence-corrected chi connectivity index (χ1v) is 5.59. The van der Waals surface area contributed by atoms with E-state index in [1.165, 1.54) is 0 Å². The maximum Gasteiger partial charge on any atom is 0.155 e. The molecule has 2 rings (SSSR count). The van der Waals surface area contributed by atoms with E-state index in [2.05, 4.69) is 10.3 Å². The van der Waals surface area contributed by atoms with Crippen LogP contribution in [0.1, 0.15) is 36.0 Å². The normalized spacial score (nSPS) is 11.1. The van der Waals surface area contributed by atoms with Crippen LogP contribution in [0.5, 0.6) is 0 Å². The molecule has 0 saturated carbocycles. The lowest BCUT2D eigenvalue weighted by Gasteiger charge is -2.05. The standard InChI is InChI=1S/C11H12ClN3O2/c1-6(2)15-11(12)8(5-16)10(13-15)9-4-7(3)17-14-9/h4-6H,1-3H3. The molecule has 90 valence electrons. The van der Waals surface area contributed by atoms with Crippen LogP contribution in [-0.2, 0) is 0 Å². The molecule has 0 aliphatic carbocycles. The lowest BCUT2D eigenvalue weighted by Crippen LogP contribution is -2.02. The Morgan fingerprint density at radius 2 is 2.24 bits per heavy atom. The van der Waals surface area contributed by atoms with Gasteiger partial charge in [-0.15, -0.1) is 0 Å². The smallest absolute Gasteiger partial charge is 0.155 e. The van der Waals surface area contributed by atoms with Crippen LogP contribution < -0.4 is 0 Å². The lowest BCUT2D eigenvalue weighted by molar-refractivity contribution is 0.112. The van der Waals surface area contributed by atoms with E-state index in [9.17, 15) is 4.79 Å². The number of hydrogen-bond acceptors (Lipinski definition) is 4. The maximum atomic E-state index is 11.1. The molecule has 0 aromatic carbocycles. The van der Waals surface area contributed by atoms with Gasteiger partial charge >= 0.3 is 0 Å². The number of aldehydes is 1. The average molecular weight is 254 g/mol. The third-order valence-electron chi connectivity index (χ3n) is 2.36. The van der Waals surface area contributed by atoms with Crippen LogP contribution in [0.25, 0.3) is 11.4 Å². The van der Waals surface area contributed by atoms with Gasteiger partial charge in [-0.25, -0.2) is 0 Å². The molecular formula is C11H12ClN3O2.